The molecular formula is C22H27N3O5. The van der Waals surface area contributed by atoms with Crippen molar-refractivity contribution in [1.82, 2.24) is 4.90 Å². The van der Waals surface area contributed by atoms with Crippen LogP contribution in [0.3, 0.4) is 0 Å². The van der Waals surface area contributed by atoms with E-state index in [2.05, 4.69) is 10.2 Å². The second kappa shape index (κ2) is 9.49. The molecule has 0 radical (unpaired) electrons. The van der Waals surface area contributed by atoms with Gasteiger partial charge in [0.25, 0.3) is 11.8 Å². The molecule has 2 aromatic carbocycles. The summed E-state index contributed by atoms with van der Waals surface area (Å²) in [5.41, 5.74) is 1.67. The largest absolute Gasteiger partial charge is 0.493 e. The van der Waals surface area contributed by atoms with Crippen LogP contribution in [-0.2, 0) is 4.79 Å². The summed E-state index contributed by atoms with van der Waals surface area (Å²) in [5.74, 6) is 1.26. The first-order valence-electron chi connectivity index (χ1n) is 9.68. The Bertz CT molecular complexity index is 929. The molecular weight excluding hydrogens is 386 g/mol. The Balaban J connectivity index is 1.79. The van der Waals surface area contributed by atoms with Gasteiger partial charge in [-0.2, -0.15) is 0 Å². The Morgan fingerprint density at radius 2 is 1.90 bits per heavy atom. The lowest BCUT2D eigenvalue weighted by molar-refractivity contribution is -0.121. The number of hydrogen-bond acceptors (Lipinski definition) is 6. The predicted molar refractivity (Wildman–Crippen MR) is 115 cm³/mol. The van der Waals surface area contributed by atoms with Crippen LogP contribution in [0.1, 0.15) is 16.8 Å². The van der Waals surface area contributed by atoms with Gasteiger partial charge in [0.1, 0.15) is 5.75 Å². The summed E-state index contributed by atoms with van der Waals surface area (Å²) in [5, 5.41) is 2.87. The van der Waals surface area contributed by atoms with Crippen LogP contribution in [0, 0.1) is 0 Å². The van der Waals surface area contributed by atoms with E-state index < -0.39 is 0 Å². The number of fused-ring (bicyclic) bond motifs is 1. The number of nitrogens with one attached hydrogen (secondary N) is 1. The Hall–Kier alpha value is -3.26. The van der Waals surface area contributed by atoms with E-state index in [1.165, 1.54) is 7.11 Å². The highest BCUT2D eigenvalue weighted by Gasteiger charge is 2.25. The third-order valence-corrected chi connectivity index (χ3v) is 4.79. The molecule has 0 spiro atoms. The number of carbonyl (C=O) groups excluding carboxylic acids is 2. The molecule has 1 N–H and O–H groups in total. The number of carbonyl (C=O) groups is 2. The van der Waals surface area contributed by atoms with Crippen LogP contribution in [-0.4, -0.2) is 64.7 Å². The molecule has 0 unspecified atom stereocenters. The van der Waals surface area contributed by atoms with Crippen molar-refractivity contribution < 1.29 is 23.8 Å². The van der Waals surface area contributed by atoms with E-state index >= 15 is 0 Å². The fourth-order valence-corrected chi connectivity index (χ4v) is 3.25. The molecule has 0 fully saturated rings. The average Bonchev–Trinajstić information content (AvgIpc) is 2.74. The van der Waals surface area contributed by atoms with Crippen LogP contribution in [0.15, 0.2) is 36.4 Å². The lowest BCUT2D eigenvalue weighted by atomic mass is 10.1. The van der Waals surface area contributed by atoms with Crippen molar-refractivity contribution in [2.24, 2.45) is 0 Å². The SMILES string of the molecule is COc1ccc(C(=O)Nc2ccc3c(c2)N(CCCN(C)C)C(=O)CO3)cc1OC. The average molecular weight is 413 g/mol. The zero-order valence-corrected chi connectivity index (χ0v) is 17.7. The normalized spacial score (nSPS) is 13.0. The van der Waals surface area contributed by atoms with E-state index in [1.807, 2.05) is 14.1 Å². The zero-order valence-electron chi connectivity index (χ0n) is 17.7. The van der Waals surface area contributed by atoms with Crippen molar-refractivity contribution in [2.45, 2.75) is 6.42 Å². The molecule has 8 nitrogen and oxygen atoms in total. The number of amides is 2. The van der Waals surface area contributed by atoms with Crippen molar-refractivity contribution in [3.05, 3.63) is 42.0 Å². The zero-order chi connectivity index (χ0) is 21.7. The maximum Gasteiger partial charge on any atom is 0.265 e. The molecule has 0 saturated heterocycles. The second-order valence-electron chi connectivity index (χ2n) is 7.20. The van der Waals surface area contributed by atoms with E-state index in [-0.39, 0.29) is 18.4 Å². The fraction of sp³-hybridized carbons (Fsp3) is 0.364. The summed E-state index contributed by atoms with van der Waals surface area (Å²) >= 11 is 0. The van der Waals surface area contributed by atoms with Crippen molar-refractivity contribution >= 4 is 23.2 Å². The van der Waals surface area contributed by atoms with Crippen LogP contribution in [0.4, 0.5) is 11.4 Å². The summed E-state index contributed by atoms with van der Waals surface area (Å²) in [6, 6.07) is 10.2. The van der Waals surface area contributed by atoms with Gasteiger partial charge < -0.3 is 29.3 Å². The van der Waals surface area contributed by atoms with Crippen LogP contribution in [0.2, 0.25) is 0 Å². The molecule has 0 atom stereocenters. The van der Waals surface area contributed by atoms with Gasteiger partial charge in [0.2, 0.25) is 0 Å². The maximum atomic E-state index is 12.7. The third-order valence-electron chi connectivity index (χ3n) is 4.79. The lowest BCUT2D eigenvalue weighted by Gasteiger charge is -2.30. The van der Waals surface area contributed by atoms with Gasteiger partial charge in [-0.05, 0) is 63.5 Å². The van der Waals surface area contributed by atoms with Crippen LogP contribution < -0.4 is 24.4 Å². The standard InChI is InChI=1S/C22H27N3O5/c1-24(2)10-5-11-25-17-13-16(7-9-18(17)30-14-21(25)26)23-22(27)15-6-8-19(28-3)20(12-15)29-4/h6-9,12-13H,5,10-11,14H2,1-4H3,(H,23,27). The first-order valence-corrected chi connectivity index (χ1v) is 9.68. The second-order valence-corrected chi connectivity index (χ2v) is 7.20. The Morgan fingerprint density at radius 1 is 1.13 bits per heavy atom. The topological polar surface area (TPSA) is 80.3 Å². The summed E-state index contributed by atoms with van der Waals surface area (Å²) < 4.78 is 16.0. The maximum absolute atomic E-state index is 12.7. The van der Waals surface area contributed by atoms with E-state index in [0.717, 1.165) is 13.0 Å². The number of hydrogen-bond donors (Lipinski definition) is 1. The van der Waals surface area contributed by atoms with Crippen LogP contribution >= 0.6 is 0 Å². The number of ether oxygens (including phenoxy) is 3. The highest BCUT2D eigenvalue weighted by atomic mass is 16.5. The number of anilines is 2. The molecule has 0 aromatic heterocycles. The predicted octanol–water partition coefficient (Wildman–Crippen LogP) is 2.63. The monoisotopic (exact) mass is 413 g/mol. The fourth-order valence-electron chi connectivity index (χ4n) is 3.25. The quantitative estimate of drug-likeness (QED) is 0.717. The summed E-state index contributed by atoms with van der Waals surface area (Å²) in [6.07, 6.45) is 0.834. The molecule has 3 rings (SSSR count). The van der Waals surface area contributed by atoms with Gasteiger partial charge in [-0.3, -0.25) is 9.59 Å². The molecule has 0 bridgehead atoms. The molecule has 2 amide bonds. The Kier molecular flexibility index (Phi) is 6.79. The van der Waals surface area contributed by atoms with Crippen LogP contribution in [0.5, 0.6) is 17.2 Å². The van der Waals surface area contributed by atoms with E-state index in [1.54, 1.807) is 48.4 Å². The van der Waals surface area contributed by atoms with Crippen molar-refractivity contribution in [3.8, 4) is 17.2 Å². The molecule has 0 saturated carbocycles. The highest BCUT2D eigenvalue weighted by molar-refractivity contribution is 6.05. The summed E-state index contributed by atoms with van der Waals surface area (Å²) in [7, 11) is 7.05. The van der Waals surface area contributed by atoms with E-state index in [9.17, 15) is 9.59 Å². The van der Waals surface area contributed by atoms with E-state index in [4.69, 9.17) is 14.2 Å². The minimum Gasteiger partial charge on any atom is -0.493 e. The van der Waals surface area contributed by atoms with Gasteiger partial charge in [-0.15, -0.1) is 0 Å². The summed E-state index contributed by atoms with van der Waals surface area (Å²) in [6.45, 7) is 1.47. The number of benzene rings is 2. The minimum atomic E-state index is -0.293. The minimum absolute atomic E-state index is 0.0202. The molecule has 30 heavy (non-hydrogen) atoms. The van der Waals surface area contributed by atoms with Crippen molar-refractivity contribution in [2.75, 3.05) is 58.2 Å². The van der Waals surface area contributed by atoms with Crippen molar-refractivity contribution in [3.63, 3.8) is 0 Å². The van der Waals surface area contributed by atoms with Gasteiger partial charge >= 0.3 is 0 Å². The van der Waals surface area contributed by atoms with Crippen LogP contribution in [0.25, 0.3) is 0 Å². The summed E-state index contributed by atoms with van der Waals surface area (Å²) in [4.78, 5) is 28.9. The van der Waals surface area contributed by atoms with E-state index in [0.29, 0.717) is 40.7 Å². The smallest absolute Gasteiger partial charge is 0.265 e. The van der Waals surface area contributed by atoms with Gasteiger partial charge in [-0.25, -0.2) is 0 Å². The Morgan fingerprint density at radius 3 is 2.60 bits per heavy atom. The molecule has 0 aliphatic carbocycles. The van der Waals surface area contributed by atoms with Crippen molar-refractivity contribution in [1.29, 1.82) is 0 Å². The van der Waals surface area contributed by atoms with Gasteiger partial charge in [0.15, 0.2) is 18.1 Å². The molecule has 1 aliphatic rings. The van der Waals surface area contributed by atoms with Gasteiger partial charge in [-0.1, -0.05) is 0 Å². The first kappa shape index (κ1) is 21.4. The van der Waals surface area contributed by atoms with Gasteiger partial charge in [0, 0.05) is 17.8 Å². The first-order chi connectivity index (χ1) is 14.4. The molecule has 8 heteroatoms. The third kappa shape index (κ3) is 4.83. The van der Waals surface area contributed by atoms with Gasteiger partial charge in [0.05, 0.1) is 19.9 Å². The molecule has 2 aromatic rings. The number of rotatable bonds is 8. The highest BCUT2D eigenvalue weighted by Crippen LogP contribution is 2.35. The number of methoxy groups -OCH3 is 2. The number of nitrogens with zero attached hydrogens (tertiary/aromatic N) is 2. The Labute approximate surface area is 176 Å². The molecule has 1 heterocycles. The lowest BCUT2D eigenvalue weighted by Crippen LogP contribution is -2.40. The molecule has 160 valence electrons. The molecule has 1 aliphatic heterocycles.